The molecule has 36 heavy (non-hydrogen) atoms. The molecule has 1 atom stereocenters. The largest absolute Gasteiger partial charge is 0.490 e. The summed E-state index contributed by atoms with van der Waals surface area (Å²) in [6, 6.07) is 28.0. The summed E-state index contributed by atoms with van der Waals surface area (Å²) < 4.78 is 36.8. The molecule has 1 saturated heterocycles. The van der Waals surface area contributed by atoms with Crippen LogP contribution in [0.25, 0.3) is 0 Å². The number of esters is 1. The quantitative estimate of drug-likeness (QED) is 0.457. The average Bonchev–Trinajstić information content (AvgIpc) is 2.86. The van der Waals surface area contributed by atoms with Crippen LogP contribution < -0.4 is 10.6 Å². The molecule has 0 spiro atoms. The van der Waals surface area contributed by atoms with E-state index in [2.05, 4.69) is 17.0 Å². The highest BCUT2D eigenvalue weighted by Gasteiger charge is 2.38. The Kier molecular flexibility index (Phi) is 8.80. The molecule has 1 heterocycles. The fourth-order valence-electron chi connectivity index (χ4n) is 3.44. The fourth-order valence-corrected chi connectivity index (χ4v) is 3.44. The molecule has 0 radical (unpaired) electrons. The van der Waals surface area contributed by atoms with Gasteiger partial charge in [-0.1, -0.05) is 48.5 Å². The number of anilines is 1. The van der Waals surface area contributed by atoms with Crippen molar-refractivity contribution in [2.24, 2.45) is 10.7 Å². The number of hydrogen-bond acceptors (Lipinski definition) is 5. The van der Waals surface area contributed by atoms with E-state index >= 15 is 0 Å². The first-order valence-corrected chi connectivity index (χ1v) is 10.9. The van der Waals surface area contributed by atoms with Crippen molar-refractivity contribution in [3.05, 3.63) is 96.1 Å². The first-order chi connectivity index (χ1) is 17.2. The lowest BCUT2D eigenvalue weighted by atomic mass is 9.91. The van der Waals surface area contributed by atoms with Crippen LogP contribution >= 0.6 is 0 Å². The van der Waals surface area contributed by atoms with Crippen LogP contribution in [0, 0.1) is 0 Å². The second kappa shape index (κ2) is 12.0. The number of nitrogens with two attached hydrogens (primary N) is 1. The SMILES string of the molecule is NCCOC(=O)c1ccc(C2C/C(=N\c3ccccc3)N2c2ccccc2)cc1.O=C(O)C(F)(F)F. The molecule has 1 unspecified atom stereocenters. The summed E-state index contributed by atoms with van der Waals surface area (Å²) in [6.45, 7) is 0.547. The number of aliphatic carboxylic acids is 1. The lowest BCUT2D eigenvalue weighted by molar-refractivity contribution is -0.192. The summed E-state index contributed by atoms with van der Waals surface area (Å²) in [5, 5.41) is 7.12. The molecule has 0 aliphatic carbocycles. The molecule has 188 valence electrons. The van der Waals surface area contributed by atoms with E-state index < -0.39 is 12.1 Å². The summed E-state index contributed by atoms with van der Waals surface area (Å²) in [6.07, 6.45) is -4.25. The minimum absolute atomic E-state index is 0.175. The Morgan fingerprint density at radius 1 is 0.972 bits per heavy atom. The Bertz CT molecular complexity index is 1180. The normalized spacial score (nSPS) is 15.9. The van der Waals surface area contributed by atoms with E-state index in [4.69, 9.17) is 25.4 Å². The van der Waals surface area contributed by atoms with Crippen LogP contribution in [-0.2, 0) is 9.53 Å². The number of para-hydroxylation sites is 2. The molecule has 3 N–H and O–H groups in total. The maximum Gasteiger partial charge on any atom is 0.490 e. The van der Waals surface area contributed by atoms with Crippen molar-refractivity contribution in [2.75, 3.05) is 18.1 Å². The van der Waals surface area contributed by atoms with Crippen LogP contribution in [0.5, 0.6) is 0 Å². The molecule has 0 bridgehead atoms. The van der Waals surface area contributed by atoms with Gasteiger partial charge in [-0.2, -0.15) is 13.2 Å². The highest BCUT2D eigenvalue weighted by molar-refractivity contribution is 6.06. The van der Waals surface area contributed by atoms with Crippen LogP contribution in [0.2, 0.25) is 0 Å². The summed E-state index contributed by atoms with van der Waals surface area (Å²) in [5.41, 5.74) is 9.10. The van der Waals surface area contributed by atoms with Gasteiger partial charge in [0.25, 0.3) is 0 Å². The first kappa shape index (κ1) is 26.4. The molecule has 7 nitrogen and oxygen atoms in total. The number of amidine groups is 1. The number of hydrogen-bond donors (Lipinski definition) is 2. The fraction of sp³-hybridized carbons (Fsp3) is 0.192. The number of carbonyl (C=O) groups is 2. The van der Waals surface area contributed by atoms with Crippen LogP contribution in [0.4, 0.5) is 24.5 Å². The third-order valence-electron chi connectivity index (χ3n) is 5.14. The van der Waals surface area contributed by atoms with E-state index in [0.717, 1.165) is 29.2 Å². The van der Waals surface area contributed by atoms with Gasteiger partial charge in [0.2, 0.25) is 0 Å². The summed E-state index contributed by atoms with van der Waals surface area (Å²) in [7, 11) is 0. The van der Waals surface area contributed by atoms with Gasteiger partial charge in [-0.25, -0.2) is 14.6 Å². The van der Waals surface area contributed by atoms with Gasteiger partial charge < -0.3 is 20.5 Å². The van der Waals surface area contributed by atoms with Gasteiger partial charge in [-0.3, -0.25) is 0 Å². The Hall–Kier alpha value is -4.18. The highest BCUT2D eigenvalue weighted by atomic mass is 19.4. The van der Waals surface area contributed by atoms with Crippen LogP contribution in [0.1, 0.15) is 28.4 Å². The zero-order chi connectivity index (χ0) is 26.1. The Morgan fingerprint density at radius 2 is 1.53 bits per heavy atom. The van der Waals surface area contributed by atoms with Crippen molar-refractivity contribution in [1.29, 1.82) is 0 Å². The zero-order valence-corrected chi connectivity index (χ0v) is 19.1. The molecule has 1 aliphatic rings. The average molecular weight is 499 g/mol. The smallest absolute Gasteiger partial charge is 0.475 e. The van der Waals surface area contributed by atoms with E-state index in [0.29, 0.717) is 12.1 Å². The number of aliphatic imine (C=N–C) groups is 1. The Morgan fingerprint density at radius 3 is 2.06 bits per heavy atom. The molecule has 1 fully saturated rings. The van der Waals surface area contributed by atoms with Crippen LogP contribution in [0.15, 0.2) is 89.9 Å². The standard InChI is InChI=1S/C24H23N3O2.C2HF3O2/c25-15-16-29-24(28)19-13-11-18(12-14-19)22-17-23(26-20-7-3-1-4-8-20)27(22)21-9-5-2-6-10-21;3-2(4,5)1(6)7/h1-14,22H,15-17,25H2;(H,6,7)/b26-23+;. The van der Waals surface area contributed by atoms with E-state index in [9.17, 15) is 18.0 Å². The van der Waals surface area contributed by atoms with Gasteiger partial charge >= 0.3 is 18.1 Å². The van der Waals surface area contributed by atoms with Gasteiger partial charge in [0, 0.05) is 18.7 Å². The van der Waals surface area contributed by atoms with Gasteiger partial charge in [-0.15, -0.1) is 0 Å². The number of alkyl halides is 3. The lowest BCUT2D eigenvalue weighted by Crippen LogP contribution is -2.46. The molecule has 3 aromatic carbocycles. The Balaban J connectivity index is 0.000000454. The third kappa shape index (κ3) is 6.92. The monoisotopic (exact) mass is 499 g/mol. The van der Waals surface area contributed by atoms with Gasteiger partial charge in [0.15, 0.2) is 0 Å². The molecule has 0 amide bonds. The predicted molar refractivity (Wildman–Crippen MR) is 129 cm³/mol. The van der Waals surface area contributed by atoms with E-state index in [-0.39, 0.29) is 18.6 Å². The summed E-state index contributed by atoms with van der Waals surface area (Å²) >= 11 is 0. The third-order valence-corrected chi connectivity index (χ3v) is 5.14. The first-order valence-electron chi connectivity index (χ1n) is 10.9. The van der Waals surface area contributed by atoms with E-state index in [1.165, 1.54) is 0 Å². The van der Waals surface area contributed by atoms with Crippen LogP contribution in [0.3, 0.4) is 0 Å². The van der Waals surface area contributed by atoms with Crippen molar-refractivity contribution in [2.45, 2.75) is 18.6 Å². The zero-order valence-electron chi connectivity index (χ0n) is 19.1. The van der Waals surface area contributed by atoms with Crippen molar-refractivity contribution in [3.8, 4) is 0 Å². The molecule has 1 aliphatic heterocycles. The van der Waals surface area contributed by atoms with E-state index in [1.54, 1.807) is 0 Å². The predicted octanol–water partition coefficient (Wildman–Crippen LogP) is 5.12. The van der Waals surface area contributed by atoms with Crippen molar-refractivity contribution < 1.29 is 32.6 Å². The van der Waals surface area contributed by atoms with Gasteiger partial charge in [0.05, 0.1) is 17.3 Å². The second-order valence-electron chi connectivity index (χ2n) is 7.64. The minimum Gasteiger partial charge on any atom is -0.475 e. The number of ether oxygens (including phenoxy) is 1. The van der Waals surface area contributed by atoms with Crippen molar-refractivity contribution in [3.63, 3.8) is 0 Å². The maximum absolute atomic E-state index is 12.0. The molecule has 0 aromatic heterocycles. The molecular weight excluding hydrogens is 475 g/mol. The molecular formula is C26H24F3N3O4. The number of carboxylic acid groups (broad SMARTS) is 1. The minimum atomic E-state index is -5.08. The van der Waals surface area contributed by atoms with Gasteiger partial charge in [0.1, 0.15) is 12.4 Å². The second-order valence-corrected chi connectivity index (χ2v) is 7.64. The van der Waals surface area contributed by atoms with E-state index in [1.807, 2.05) is 72.8 Å². The maximum atomic E-state index is 12.0. The highest BCUT2D eigenvalue weighted by Crippen LogP contribution is 2.40. The lowest BCUT2D eigenvalue weighted by Gasteiger charge is -2.44. The number of nitrogens with zero attached hydrogens (tertiary/aromatic N) is 2. The topological polar surface area (TPSA) is 105 Å². The number of carboxylic acids is 1. The molecule has 10 heteroatoms. The number of halogens is 3. The summed E-state index contributed by atoms with van der Waals surface area (Å²) in [4.78, 5) is 28.0. The van der Waals surface area contributed by atoms with Crippen molar-refractivity contribution >= 4 is 29.1 Å². The number of rotatable bonds is 6. The number of carbonyl (C=O) groups excluding carboxylic acids is 1. The summed E-state index contributed by atoms with van der Waals surface area (Å²) in [5.74, 6) is -2.08. The molecule has 4 rings (SSSR count). The van der Waals surface area contributed by atoms with Gasteiger partial charge in [-0.05, 0) is 42.0 Å². The molecule has 3 aromatic rings. The molecule has 0 saturated carbocycles. The van der Waals surface area contributed by atoms with Crippen LogP contribution in [-0.4, -0.2) is 42.2 Å². The Labute approximate surface area is 205 Å². The number of benzene rings is 3. The van der Waals surface area contributed by atoms with Crippen molar-refractivity contribution in [1.82, 2.24) is 0 Å².